The van der Waals surface area contributed by atoms with E-state index in [0.717, 1.165) is 0 Å². The monoisotopic (exact) mass is 448 g/mol. The lowest BCUT2D eigenvalue weighted by atomic mass is 9.35. The van der Waals surface area contributed by atoms with Crippen LogP contribution in [0.4, 0.5) is 0 Å². The van der Waals surface area contributed by atoms with Crippen molar-refractivity contribution in [3.63, 3.8) is 0 Å². The number of ether oxygens (including phenoxy) is 3. The molecule has 9 atom stereocenters. The van der Waals surface area contributed by atoms with Gasteiger partial charge in [0.1, 0.15) is 17.6 Å². The molecule has 32 heavy (non-hydrogen) atoms. The molecule has 2 N–H and O–H groups in total. The maximum atomic E-state index is 13.9. The van der Waals surface area contributed by atoms with E-state index in [0.29, 0.717) is 25.7 Å². The Morgan fingerprint density at radius 3 is 2.41 bits per heavy atom. The van der Waals surface area contributed by atoms with Crippen LogP contribution in [0.1, 0.15) is 53.4 Å². The summed E-state index contributed by atoms with van der Waals surface area (Å²) in [6, 6.07) is 0. The third-order valence-electron chi connectivity index (χ3n) is 9.42. The first-order valence-electron chi connectivity index (χ1n) is 11.5. The Kier molecular flexibility index (Phi) is 4.42. The highest BCUT2D eigenvalue weighted by Crippen LogP contribution is 2.77. The lowest BCUT2D eigenvalue weighted by Crippen LogP contribution is -2.86. The van der Waals surface area contributed by atoms with Gasteiger partial charge in [0.05, 0.1) is 12.7 Å². The quantitative estimate of drug-likeness (QED) is 0.482. The highest BCUT2D eigenvalue weighted by molar-refractivity contribution is 6.05. The third-order valence-corrected chi connectivity index (χ3v) is 9.42. The Morgan fingerprint density at radius 2 is 1.78 bits per heavy atom. The van der Waals surface area contributed by atoms with Crippen molar-refractivity contribution < 1.29 is 38.8 Å². The van der Waals surface area contributed by atoms with Gasteiger partial charge < -0.3 is 24.4 Å². The highest BCUT2D eigenvalue weighted by Gasteiger charge is 2.88. The molecule has 4 aliphatic carbocycles. The Labute approximate surface area is 187 Å². The molecule has 4 bridgehead atoms. The Bertz CT molecular complexity index is 925. The normalized spacial score (nSPS) is 50.4. The van der Waals surface area contributed by atoms with Crippen LogP contribution in [0.2, 0.25) is 0 Å². The molecule has 2 spiro atoms. The largest absolute Gasteiger partial charge is 0.462 e. The number of Topliss-reactive ketones (excluding diaryl/α,β-unsaturated/α-hetero) is 1. The molecular formula is C24H32O8. The van der Waals surface area contributed by atoms with Crippen LogP contribution in [0, 0.1) is 34.0 Å². The van der Waals surface area contributed by atoms with E-state index in [4.69, 9.17) is 14.2 Å². The molecule has 6 rings (SSSR count). The van der Waals surface area contributed by atoms with Gasteiger partial charge in [-0.25, -0.2) is 0 Å². The maximum absolute atomic E-state index is 13.9. The topological polar surface area (TPSA) is 119 Å². The minimum atomic E-state index is -2.01. The summed E-state index contributed by atoms with van der Waals surface area (Å²) in [6.45, 7) is 10.7. The number of fused-ring (bicyclic) bond motifs is 2. The van der Waals surface area contributed by atoms with Crippen LogP contribution in [0.5, 0.6) is 0 Å². The average Bonchev–Trinajstić information content (AvgIpc) is 2.80. The Balaban J connectivity index is 1.82. The lowest BCUT2D eigenvalue weighted by molar-refractivity contribution is -0.456. The first-order valence-corrected chi connectivity index (χ1v) is 11.5. The van der Waals surface area contributed by atoms with Crippen LogP contribution in [0.3, 0.4) is 0 Å². The molecule has 2 aliphatic heterocycles. The Morgan fingerprint density at radius 1 is 1.09 bits per heavy atom. The van der Waals surface area contributed by atoms with Gasteiger partial charge in [-0.3, -0.25) is 14.4 Å². The van der Waals surface area contributed by atoms with Gasteiger partial charge in [-0.15, -0.1) is 0 Å². The van der Waals surface area contributed by atoms with E-state index in [2.05, 4.69) is 6.58 Å². The van der Waals surface area contributed by atoms with E-state index in [1.54, 1.807) is 0 Å². The number of esters is 2. The van der Waals surface area contributed by atoms with Crippen molar-refractivity contribution >= 4 is 17.7 Å². The second-order valence-electron chi connectivity index (χ2n) is 11.1. The standard InChI is InChI=1S/C24H32O8/c1-11-14-6-7-15-22-10-30-24(32-13(3)26,23(15,18(11)27)19(14)28)20(29)17(22)21(4,5)9-8-16(22)31-12(2)25/h14-17,19-20,28-29H,1,6-10H2,2-5H3/t14-,15-,16-,17+,19-,20-,22+,23-,24-/m0/s1. The second-order valence-corrected chi connectivity index (χ2v) is 11.1. The van der Waals surface area contributed by atoms with Crippen LogP contribution < -0.4 is 0 Å². The van der Waals surface area contributed by atoms with Crippen LogP contribution >= 0.6 is 0 Å². The molecule has 2 saturated heterocycles. The molecule has 4 saturated carbocycles. The molecule has 176 valence electrons. The van der Waals surface area contributed by atoms with Gasteiger partial charge in [0.25, 0.3) is 5.79 Å². The van der Waals surface area contributed by atoms with Crippen molar-refractivity contribution in [3.8, 4) is 0 Å². The van der Waals surface area contributed by atoms with Crippen LogP contribution in [-0.2, 0) is 28.6 Å². The molecule has 0 amide bonds. The predicted octanol–water partition coefficient (Wildman–Crippen LogP) is 1.52. The number of aliphatic hydroxyl groups is 2. The summed E-state index contributed by atoms with van der Waals surface area (Å²) < 4.78 is 17.8. The minimum Gasteiger partial charge on any atom is -0.462 e. The summed E-state index contributed by atoms with van der Waals surface area (Å²) in [5, 5.41) is 23.5. The van der Waals surface area contributed by atoms with Gasteiger partial charge in [-0.2, -0.15) is 0 Å². The first kappa shape index (κ1) is 22.0. The molecule has 6 aliphatic rings. The molecule has 6 fully saturated rings. The van der Waals surface area contributed by atoms with E-state index in [-0.39, 0.29) is 12.2 Å². The number of rotatable bonds is 2. The van der Waals surface area contributed by atoms with Crippen molar-refractivity contribution in [3.05, 3.63) is 12.2 Å². The van der Waals surface area contributed by atoms with Gasteiger partial charge in [-0.05, 0) is 42.6 Å². The molecule has 2 heterocycles. The second kappa shape index (κ2) is 6.42. The summed E-state index contributed by atoms with van der Waals surface area (Å²) in [4.78, 5) is 38.3. The van der Waals surface area contributed by atoms with Crippen molar-refractivity contribution in [2.45, 2.75) is 77.5 Å². The fourth-order valence-electron chi connectivity index (χ4n) is 8.61. The van der Waals surface area contributed by atoms with E-state index < -0.39 is 75.8 Å². The van der Waals surface area contributed by atoms with Gasteiger partial charge in [0.15, 0.2) is 5.78 Å². The summed E-state index contributed by atoms with van der Waals surface area (Å²) in [6.07, 6.45) is -0.848. The number of aliphatic hydroxyl groups excluding tert-OH is 2. The molecule has 0 aromatic heterocycles. The Hall–Kier alpha value is -1.77. The molecule has 8 nitrogen and oxygen atoms in total. The zero-order valence-corrected chi connectivity index (χ0v) is 19.1. The molecule has 0 unspecified atom stereocenters. The lowest BCUT2D eigenvalue weighted by Gasteiger charge is -2.75. The van der Waals surface area contributed by atoms with Gasteiger partial charge in [0, 0.05) is 31.1 Å². The fraction of sp³-hybridized carbons (Fsp3) is 0.792. The maximum Gasteiger partial charge on any atom is 0.305 e. The number of hydrogen-bond acceptors (Lipinski definition) is 8. The zero-order chi connectivity index (χ0) is 23.4. The van der Waals surface area contributed by atoms with Gasteiger partial charge >= 0.3 is 11.9 Å². The van der Waals surface area contributed by atoms with Crippen molar-refractivity contribution in [1.82, 2.24) is 0 Å². The average molecular weight is 449 g/mol. The summed E-state index contributed by atoms with van der Waals surface area (Å²) in [7, 11) is 0. The summed E-state index contributed by atoms with van der Waals surface area (Å²) in [5.41, 5.74) is -2.71. The van der Waals surface area contributed by atoms with Crippen LogP contribution in [0.15, 0.2) is 12.2 Å². The van der Waals surface area contributed by atoms with Crippen molar-refractivity contribution in [1.29, 1.82) is 0 Å². The van der Waals surface area contributed by atoms with Crippen molar-refractivity contribution in [2.75, 3.05) is 6.61 Å². The fourth-order valence-corrected chi connectivity index (χ4v) is 8.61. The molecule has 0 aromatic rings. The summed E-state index contributed by atoms with van der Waals surface area (Å²) >= 11 is 0. The van der Waals surface area contributed by atoms with E-state index >= 15 is 0 Å². The SMILES string of the molecule is C=C1C(=O)[C@]23[C@@H](O)[C@H]1CC[C@H]2[C@@]12CO[C@]3(OC(C)=O)[C@@H](O)[C@@H]1C(C)(C)CC[C@@H]2OC(C)=O. The van der Waals surface area contributed by atoms with Gasteiger partial charge in [0.2, 0.25) is 0 Å². The molecular weight excluding hydrogens is 416 g/mol. The first-order chi connectivity index (χ1) is 14.9. The van der Waals surface area contributed by atoms with E-state index in [9.17, 15) is 24.6 Å². The predicted molar refractivity (Wildman–Crippen MR) is 110 cm³/mol. The molecule has 0 radical (unpaired) electrons. The van der Waals surface area contributed by atoms with Crippen LogP contribution in [0.25, 0.3) is 0 Å². The molecule has 0 aromatic carbocycles. The van der Waals surface area contributed by atoms with Crippen molar-refractivity contribution in [2.24, 2.45) is 34.0 Å². The number of hydrogen-bond donors (Lipinski definition) is 2. The zero-order valence-electron chi connectivity index (χ0n) is 19.1. The van der Waals surface area contributed by atoms with E-state index in [1.165, 1.54) is 13.8 Å². The minimum absolute atomic E-state index is 0.0624. The number of carbonyl (C=O) groups is 3. The number of carbonyl (C=O) groups excluding carboxylic acids is 3. The van der Waals surface area contributed by atoms with Crippen LogP contribution in [-0.4, -0.2) is 58.6 Å². The van der Waals surface area contributed by atoms with E-state index in [1.807, 2.05) is 13.8 Å². The van der Waals surface area contributed by atoms with Gasteiger partial charge in [-0.1, -0.05) is 20.4 Å². The smallest absolute Gasteiger partial charge is 0.305 e. The summed E-state index contributed by atoms with van der Waals surface area (Å²) in [5.74, 6) is -5.03. The highest BCUT2D eigenvalue weighted by atomic mass is 16.7. The molecule has 8 heteroatoms. The number of ketones is 1. The third kappa shape index (κ3) is 2.17.